The molecule has 0 aliphatic heterocycles. The van der Waals surface area contributed by atoms with E-state index in [2.05, 4.69) is 20.7 Å². The van der Waals surface area contributed by atoms with Crippen molar-refractivity contribution in [1.29, 1.82) is 0 Å². The summed E-state index contributed by atoms with van der Waals surface area (Å²) in [6.45, 7) is 1.53. The predicted octanol–water partition coefficient (Wildman–Crippen LogP) is 5.82. The van der Waals surface area contributed by atoms with Gasteiger partial charge in [-0.1, -0.05) is 30.0 Å². The number of hydrogen-bond acceptors (Lipinski definition) is 6. The van der Waals surface area contributed by atoms with Crippen LogP contribution in [0.3, 0.4) is 0 Å². The van der Waals surface area contributed by atoms with Gasteiger partial charge in [0.05, 0.1) is 28.9 Å². The van der Waals surface area contributed by atoms with Crippen molar-refractivity contribution in [2.45, 2.75) is 48.3 Å². The number of benzene rings is 2. The lowest BCUT2D eigenvalue weighted by Crippen LogP contribution is -2.26. The SMILES string of the molecule is Cc1cc(-c2cnc3c(NCCC(F)(F)F)cc(Sc4ccccc4O)nn23)ccc1C(=O)NC1CC1. The molecule has 0 atom stereocenters. The van der Waals surface area contributed by atoms with Gasteiger partial charge >= 0.3 is 6.18 Å². The number of phenols is 1. The molecule has 2 aromatic carbocycles. The molecule has 1 aliphatic rings. The largest absolute Gasteiger partial charge is 0.507 e. The first kappa shape index (κ1) is 24.9. The van der Waals surface area contributed by atoms with E-state index in [4.69, 9.17) is 0 Å². The molecule has 2 aromatic heterocycles. The van der Waals surface area contributed by atoms with Gasteiger partial charge in [0.2, 0.25) is 0 Å². The van der Waals surface area contributed by atoms with Crippen LogP contribution in [0.2, 0.25) is 0 Å². The molecule has 37 heavy (non-hydrogen) atoms. The van der Waals surface area contributed by atoms with Crippen LogP contribution in [-0.2, 0) is 0 Å². The second kappa shape index (κ2) is 9.97. The minimum absolute atomic E-state index is 0.0718. The van der Waals surface area contributed by atoms with Crippen LogP contribution in [0.4, 0.5) is 18.9 Å². The van der Waals surface area contributed by atoms with Gasteiger partial charge in [0, 0.05) is 23.7 Å². The van der Waals surface area contributed by atoms with Crippen molar-refractivity contribution < 1.29 is 23.1 Å². The van der Waals surface area contributed by atoms with E-state index in [-0.39, 0.29) is 24.2 Å². The normalized spacial score (nSPS) is 13.6. The molecule has 0 saturated heterocycles. The summed E-state index contributed by atoms with van der Waals surface area (Å²) in [5.74, 6) is -0.0390. The van der Waals surface area contributed by atoms with E-state index in [9.17, 15) is 23.1 Å². The van der Waals surface area contributed by atoms with Gasteiger partial charge in [0.1, 0.15) is 10.8 Å². The Morgan fingerprint density at radius 1 is 1.19 bits per heavy atom. The van der Waals surface area contributed by atoms with Crippen LogP contribution < -0.4 is 10.6 Å². The molecule has 2 heterocycles. The third-order valence-corrected chi connectivity index (χ3v) is 6.90. The number of imidazole rings is 1. The maximum atomic E-state index is 12.8. The zero-order chi connectivity index (χ0) is 26.2. The summed E-state index contributed by atoms with van der Waals surface area (Å²) in [4.78, 5) is 17.5. The van der Waals surface area contributed by atoms with Crippen molar-refractivity contribution in [1.82, 2.24) is 19.9 Å². The standard InChI is InChI=1S/C26H24F3N5O2S/c1-15-12-16(6-9-18(15)25(36)32-17-7-8-17)20-14-31-24-19(30-11-10-26(27,28)29)13-23(33-34(20)24)37-22-5-3-2-4-21(22)35/h2-6,9,12-14,17,30,35H,7-8,10-11H2,1H3,(H,32,36). The van der Waals surface area contributed by atoms with E-state index in [0.29, 0.717) is 32.5 Å². The third-order valence-electron chi connectivity index (χ3n) is 5.93. The van der Waals surface area contributed by atoms with E-state index < -0.39 is 12.6 Å². The lowest BCUT2D eigenvalue weighted by molar-refractivity contribution is -0.131. The number of nitrogens with one attached hydrogen (secondary N) is 2. The monoisotopic (exact) mass is 527 g/mol. The molecule has 1 amide bonds. The topological polar surface area (TPSA) is 91.6 Å². The van der Waals surface area contributed by atoms with Crippen LogP contribution in [0.25, 0.3) is 16.9 Å². The first-order valence-corrected chi connectivity index (χ1v) is 12.6. The maximum absolute atomic E-state index is 12.8. The number of halogens is 3. The lowest BCUT2D eigenvalue weighted by atomic mass is 10.0. The highest BCUT2D eigenvalue weighted by Crippen LogP contribution is 2.36. The van der Waals surface area contributed by atoms with E-state index in [1.807, 2.05) is 13.0 Å². The molecular weight excluding hydrogens is 503 g/mol. The number of aromatic nitrogens is 3. The van der Waals surface area contributed by atoms with E-state index >= 15 is 0 Å². The number of hydrogen-bond donors (Lipinski definition) is 3. The number of phenolic OH excluding ortho intramolecular Hbond substituents is 1. The minimum Gasteiger partial charge on any atom is -0.507 e. The number of carbonyl (C=O) groups excluding carboxylic acids is 1. The maximum Gasteiger partial charge on any atom is 0.390 e. The quantitative estimate of drug-likeness (QED) is 0.268. The Hall–Kier alpha value is -3.73. The Morgan fingerprint density at radius 2 is 1.97 bits per heavy atom. The highest BCUT2D eigenvalue weighted by Gasteiger charge is 2.27. The van der Waals surface area contributed by atoms with Crippen LogP contribution in [0.5, 0.6) is 5.75 Å². The number of aryl methyl sites for hydroxylation is 1. The summed E-state index contributed by atoms with van der Waals surface area (Å²) in [5.41, 5.74) is 3.50. The van der Waals surface area contributed by atoms with Crippen LogP contribution in [-0.4, -0.2) is 44.4 Å². The number of para-hydroxylation sites is 1. The number of amides is 1. The molecule has 3 N–H and O–H groups in total. The summed E-state index contributed by atoms with van der Waals surface area (Å²) in [6.07, 6.45) is -1.70. The number of anilines is 1. The Balaban J connectivity index is 1.52. The van der Waals surface area contributed by atoms with Crippen LogP contribution in [0.1, 0.15) is 35.2 Å². The van der Waals surface area contributed by atoms with Crippen molar-refractivity contribution in [3.8, 4) is 17.0 Å². The van der Waals surface area contributed by atoms with Crippen molar-refractivity contribution in [3.63, 3.8) is 0 Å². The fourth-order valence-electron chi connectivity index (χ4n) is 3.89. The van der Waals surface area contributed by atoms with Crippen LogP contribution >= 0.6 is 11.8 Å². The molecule has 192 valence electrons. The van der Waals surface area contributed by atoms with E-state index in [0.717, 1.165) is 24.0 Å². The highest BCUT2D eigenvalue weighted by molar-refractivity contribution is 7.99. The van der Waals surface area contributed by atoms with Crippen LogP contribution in [0.15, 0.2) is 64.6 Å². The van der Waals surface area contributed by atoms with Crippen molar-refractivity contribution in [3.05, 3.63) is 65.9 Å². The summed E-state index contributed by atoms with van der Waals surface area (Å²) in [7, 11) is 0. The number of fused-ring (bicyclic) bond motifs is 1. The molecule has 1 aliphatic carbocycles. The van der Waals surface area contributed by atoms with Gasteiger partial charge in [-0.15, -0.1) is 0 Å². The predicted molar refractivity (Wildman–Crippen MR) is 135 cm³/mol. The second-order valence-corrected chi connectivity index (χ2v) is 9.98. The highest BCUT2D eigenvalue weighted by atomic mass is 32.2. The van der Waals surface area contributed by atoms with E-state index in [1.165, 1.54) is 11.8 Å². The Labute approximate surface area is 215 Å². The van der Waals surface area contributed by atoms with Gasteiger partial charge in [-0.3, -0.25) is 4.79 Å². The fourth-order valence-corrected chi connectivity index (χ4v) is 4.73. The summed E-state index contributed by atoms with van der Waals surface area (Å²) < 4.78 is 39.9. The molecular formula is C26H24F3N5O2S. The van der Waals surface area contributed by atoms with Gasteiger partial charge in [-0.2, -0.15) is 18.3 Å². The molecule has 11 heteroatoms. The first-order valence-electron chi connectivity index (χ1n) is 11.7. The molecule has 1 fully saturated rings. The van der Waals surface area contributed by atoms with E-state index in [1.54, 1.807) is 53.2 Å². The number of carbonyl (C=O) groups is 1. The number of alkyl halides is 3. The minimum atomic E-state index is -4.30. The summed E-state index contributed by atoms with van der Waals surface area (Å²) >= 11 is 1.19. The zero-order valence-electron chi connectivity index (χ0n) is 19.8. The van der Waals surface area contributed by atoms with Crippen LogP contribution in [0, 0.1) is 6.92 Å². The average molecular weight is 528 g/mol. The summed E-state index contributed by atoms with van der Waals surface area (Å²) in [6, 6.07) is 14.0. The van der Waals surface area contributed by atoms with Crippen molar-refractivity contribution >= 4 is 29.0 Å². The molecule has 4 aromatic rings. The molecule has 0 spiro atoms. The summed E-state index contributed by atoms with van der Waals surface area (Å²) in [5, 5.41) is 21.1. The lowest BCUT2D eigenvalue weighted by Gasteiger charge is -2.13. The van der Waals surface area contributed by atoms with Gasteiger partial charge in [0.15, 0.2) is 5.65 Å². The average Bonchev–Trinajstić information content (AvgIpc) is 3.54. The molecule has 1 saturated carbocycles. The van der Waals surface area contributed by atoms with Gasteiger partial charge in [-0.05, 0) is 55.7 Å². The molecule has 0 radical (unpaired) electrons. The number of aromatic hydroxyl groups is 1. The zero-order valence-corrected chi connectivity index (χ0v) is 20.7. The molecule has 0 bridgehead atoms. The fraction of sp³-hybridized carbons (Fsp3) is 0.269. The van der Waals surface area contributed by atoms with Crippen molar-refractivity contribution in [2.24, 2.45) is 0 Å². The molecule has 5 rings (SSSR count). The first-order chi connectivity index (χ1) is 17.7. The van der Waals surface area contributed by atoms with Gasteiger partial charge in [0.25, 0.3) is 5.91 Å². The van der Waals surface area contributed by atoms with Gasteiger partial charge < -0.3 is 15.7 Å². The smallest absolute Gasteiger partial charge is 0.390 e. The number of rotatable bonds is 8. The Bertz CT molecular complexity index is 1470. The molecule has 0 unspecified atom stereocenters. The Morgan fingerprint density at radius 3 is 2.68 bits per heavy atom. The van der Waals surface area contributed by atoms with Crippen molar-refractivity contribution in [2.75, 3.05) is 11.9 Å². The Kier molecular flexibility index (Phi) is 6.72. The number of nitrogens with zero attached hydrogens (tertiary/aromatic N) is 3. The second-order valence-electron chi connectivity index (χ2n) is 8.91. The van der Waals surface area contributed by atoms with Gasteiger partial charge in [-0.25, -0.2) is 9.50 Å². The third kappa shape index (κ3) is 5.82. The molecule has 7 nitrogen and oxygen atoms in total.